The second-order valence-corrected chi connectivity index (χ2v) is 8.19. The van der Waals surface area contributed by atoms with E-state index in [1.54, 1.807) is 0 Å². The normalized spacial score (nSPS) is 12.1. The van der Waals surface area contributed by atoms with Gasteiger partial charge in [0, 0.05) is 15.6 Å². The maximum Gasteiger partial charge on any atom is 0.450 e. The number of hydrogen-bond acceptors (Lipinski definition) is 4. The van der Waals surface area contributed by atoms with Crippen LogP contribution >= 0.6 is 23.2 Å². The second-order valence-electron chi connectivity index (χ2n) is 5.93. The summed E-state index contributed by atoms with van der Waals surface area (Å²) in [4.78, 5) is 11.8. The van der Waals surface area contributed by atoms with Crippen molar-refractivity contribution < 1.29 is 35.4 Å². The van der Waals surface area contributed by atoms with E-state index < -0.39 is 44.1 Å². The third kappa shape index (κ3) is 4.78. The van der Waals surface area contributed by atoms with Crippen LogP contribution in [-0.4, -0.2) is 18.9 Å². The summed E-state index contributed by atoms with van der Waals surface area (Å²) in [5, 5.41) is 2.34. The van der Waals surface area contributed by atoms with Gasteiger partial charge in [-0.15, -0.1) is 0 Å². The summed E-state index contributed by atoms with van der Waals surface area (Å²) >= 11 is 11.5. The number of nitrogens with one attached hydrogen (secondary N) is 1. The second kappa shape index (κ2) is 7.95. The number of anilines is 1. The van der Waals surface area contributed by atoms with Crippen LogP contribution in [0.1, 0.15) is 16.1 Å². The summed E-state index contributed by atoms with van der Waals surface area (Å²) in [6.45, 7) is 0. The zero-order valence-corrected chi connectivity index (χ0v) is 16.8. The van der Waals surface area contributed by atoms with E-state index in [4.69, 9.17) is 27.6 Å². The van der Waals surface area contributed by atoms with E-state index in [2.05, 4.69) is 0 Å². The van der Waals surface area contributed by atoms with Gasteiger partial charge in [-0.1, -0.05) is 23.2 Å². The molecule has 2 aromatic carbocycles. The molecule has 6 nitrogen and oxygen atoms in total. The van der Waals surface area contributed by atoms with E-state index in [-0.39, 0.29) is 16.3 Å². The van der Waals surface area contributed by atoms with Crippen LogP contribution < -0.4 is 5.32 Å². The van der Waals surface area contributed by atoms with Gasteiger partial charge in [-0.25, -0.2) is 0 Å². The Morgan fingerprint density at radius 2 is 1.60 bits per heavy atom. The number of carbonyl (C=O) groups is 1. The van der Waals surface area contributed by atoms with Gasteiger partial charge in [0.25, 0.3) is 16.0 Å². The minimum absolute atomic E-state index is 0.0252. The van der Waals surface area contributed by atoms with Crippen molar-refractivity contribution in [1.82, 2.24) is 0 Å². The molecule has 2 N–H and O–H groups in total. The molecule has 0 bridgehead atoms. The molecule has 0 aliphatic heterocycles. The molecule has 0 radical (unpaired) electrons. The highest BCUT2D eigenvalue weighted by atomic mass is 35.5. The average molecular weight is 480 g/mol. The molecule has 0 saturated carbocycles. The number of rotatable bonds is 4. The quantitative estimate of drug-likeness (QED) is 0.462. The van der Waals surface area contributed by atoms with Gasteiger partial charge in [0.05, 0.1) is 11.3 Å². The lowest BCUT2D eigenvalue weighted by Gasteiger charge is -2.10. The summed E-state index contributed by atoms with van der Waals surface area (Å²) in [5.74, 6) is -3.16. The van der Waals surface area contributed by atoms with Gasteiger partial charge in [-0.05, 0) is 48.5 Å². The van der Waals surface area contributed by atoms with Crippen molar-refractivity contribution in [3.8, 4) is 11.3 Å². The highest BCUT2D eigenvalue weighted by Crippen LogP contribution is 2.38. The Kier molecular flexibility index (Phi) is 5.87. The van der Waals surface area contributed by atoms with Crippen LogP contribution in [-0.2, 0) is 16.3 Å². The van der Waals surface area contributed by atoms with Gasteiger partial charge < -0.3 is 9.73 Å². The van der Waals surface area contributed by atoms with E-state index in [1.807, 2.05) is 5.32 Å². The molecular formula is C18H10Cl2F3NO5S. The molecule has 0 aliphatic rings. The Labute approximate surface area is 178 Å². The fraction of sp³-hybridized carbons (Fsp3) is 0.0556. The fourth-order valence-corrected chi connectivity index (χ4v) is 3.47. The number of furan rings is 1. The van der Waals surface area contributed by atoms with E-state index in [1.165, 1.54) is 24.3 Å². The number of alkyl halides is 3. The molecule has 30 heavy (non-hydrogen) atoms. The highest BCUT2D eigenvalue weighted by molar-refractivity contribution is 7.86. The van der Waals surface area contributed by atoms with E-state index >= 15 is 0 Å². The molecule has 0 fully saturated rings. The molecule has 1 heterocycles. The monoisotopic (exact) mass is 479 g/mol. The van der Waals surface area contributed by atoms with Crippen LogP contribution in [0.3, 0.4) is 0 Å². The zero-order chi connectivity index (χ0) is 22.3. The zero-order valence-electron chi connectivity index (χ0n) is 14.5. The molecule has 0 aliphatic carbocycles. The molecule has 158 valence electrons. The first-order chi connectivity index (χ1) is 13.9. The predicted molar refractivity (Wildman–Crippen MR) is 103 cm³/mol. The summed E-state index contributed by atoms with van der Waals surface area (Å²) < 4.78 is 77.4. The number of hydrogen-bond donors (Lipinski definition) is 2. The van der Waals surface area contributed by atoms with Crippen LogP contribution in [0.2, 0.25) is 10.0 Å². The SMILES string of the molecule is O=C(Nc1cc(Cl)ccc1S(=O)(=O)O)c1cc(-c2ccc(Cl)cc2)oc1C(F)(F)F. The maximum atomic E-state index is 13.4. The molecule has 3 rings (SSSR count). The molecular weight excluding hydrogens is 470 g/mol. The summed E-state index contributed by atoms with van der Waals surface area (Å²) in [6.07, 6.45) is -5.02. The molecule has 0 spiro atoms. The first-order valence-corrected chi connectivity index (χ1v) is 10.1. The van der Waals surface area contributed by atoms with Crippen molar-refractivity contribution in [2.24, 2.45) is 0 Å². The van der Waals surface area contributed by atoms with Gasteiger partial charge in [-0.2, -0.15) is 21.6 Å². The standard InChI is InChI=1S/C18H10Cl2F3NO5S/c19-10-3-1-9(2-4-10)14-8-12(16(29-14)18(21,22)23)17(25)24-13-7-11(20)5-6-15(13)30(26,27)28/h1-8H,(H,24,25)(H,26,27,28). The summed E-state index contributed by atoms with van der Waals surface area (Å²) in [5.41, 5.74) is -1.17. The van der Waals surface area contributed by atoms with Crippen LogP contribution in [0.25, 0.3) is 11.3 Å². The van der Waals surface area contributed by atoms with Crippen LogP contribution in [0, 0.1) is 0 Å². The Hall–Kier alpha value is -2.53. The van der Waals surface area contributed by atoms with Crippen molar-refractivity contribution in [1.29, 1.82) is 0 Å². The van der Waals surface area contributed by atoms with Gasteiger partial charge in [0.1, 0.15) is 10.7 Å². The topological polar surface area (TPSA) is 96.6 Å². The van der Waals surface area contributed by atoms with Crippen LogP contribution in [0.5, 0.6) is 0 Å². The first kappa shape index (κ1) is 22.2. The number of carbonyl (C=O) groups excluding carboxylic acids is 1. The summed E-state index contributed by atoms with van der Waals surface area (Å²) in [6, 6.07) is 9.50. The lowest BCUT2D eigenvalue weighted by Crippen LogP contribution is -2.18. The van der Waals surface area contributed by atoms with Gasteiger partial charge in [-0.3, -0.25) is 9.35 Å². The third-order valence-corrected chi connectivity index (χ3v) is 5.23. The average Bonchev–Trinajstić information content (AvgIpc) is 3.07. The Morgan fingerprint density at radius 1 is 1.00 bits per heavy atom. The largest absolute Gasteiger partial charge is 0.451 e. The minimum Gasteiger partial charge on any atom is -0.451 e. The van der Waals surface area contributed by atoms with Crippen LogP contribution in [0.15, 0.2) is 57.8 Å². The first-order valence-electron chi connectivity index (χ1n) is 7.91. The lowest BCUT2D eigenvalue weighted by molar-refractivity contribution is -0.153. The Balaban J connectivity index is 2.06. The number of benzene rings is 2. The van der Waals surface area contributed by atoms with Crippen molar-refractivity contribution >= 4 is 44.9 Å². The fourth-order valence-electron chi connectivity index (χ4n) is 2.54. The van der Waals surface area contributed by atoms with Gasteiger partial charge >= 0.3 is 6.18 Å². The van der Waals surface area contributed by atoms with Crippen molar-refractivity contribution in [3.63, 3.8) is 0 Å². The molecule has 1 aromatic heterocycles. The smallest absolute Gasteiger partial charge is 0.450 e. The molecule has 1 amide bonds. The number of halogens is 5. The lowest BCUT2D eigenvalue weighted by atomic mass is 10.1. The number of amides is 1. The third-order valence-electron chi connectivity index (χ3n) is 3.83. The molecule has 3 aromatic rings. The minimum atomic E-state index is -5.02. The predicted octanol–water partition coefficient (Wildman–Crippen LogP) is 5.77. The van der Waals surface area contributed by atoms with Crippen molar-refractivity contribution in [2.45, 2.75) is 11.1 Å². The van der Waals surface area contributed by atoms with Crippen molar-refractivity contribution in [2.75, 3.05) is 5.32 Å². The Bertz CT molecular complexity index is 1220. The molecule has 0 saturated heterocycles. The van der Waals surface area contributed by atoms with E-state index in [9.17, 15) is 30.9 Å². The maximum absolute atomic E-state index is 13.4. The Morgan fingerprint density at radius 3 is 2.17 bits per heavy atom. The molecule has 0 atom stereocenters. The van der Waals surface area contributed by atoms with Crippen LogP contribution in [0.4, 0.5) is 18.9 Å². The van der Waals surface area contributed by atoms with E-state index in [0.29, 0.717) is 5.02 Å². The van der Waals surface area contributed by atoms with Crippen molar-refractivity contribution in [3.05, 3.63) is 69.9 Å². The van der Waals surface area contributed by atoms with Gasteiger partial charge in [0.15, 0.2) is 0 Å². The summed E-state index contributed by atoms with van der Waals surface area (Å²) in [7, 11) is -4.79. The molecule has 12 heteroatoms. The van der Waals surface area contributed by atoms with Gasteiger partial charge in [0.2, 0.25) is 5.76 Å². The van der Waals surface area contributed by atoms with E-state index in [0.717, 1.165) is 24.3 Å². The highest BCUT2D eigenvalue weighted by Gasteiger charge is 2.40. The molecule has 0 unspecified atom stereocenters.